The molecule has 0 amide bonds. The predicted molar refractivity (Wildman–Crippen MR) is 104 cm³/mol. The predicted octanol–water partition coefficient (Wildman–Crippen LogP) is -2.08. The van der Waals surface area contributed by atoms with Crippen molar-refractivity contribution in [2.24, 2.45) is 5.73 Å². The maximum absolute atomic E-state index is 10.9. The van der Waals surface area contributed by atoms with Gasteiger partial charge >= 0.3 is 11.9 Å². The van der Waals surface area contributed by atoms with E-state index in [9.17, 15) is 29.3 Å². The maximum Gasteiger partial charge on any atom is 0.341 e. The second kappa shape index (κ2) is 12.4. The summed E-state index contributed by atoms with van der Waals surface area (Å²) >= 11 is 1.60. The van der Waals surface area contributed by atoms with E-state index in [1.807, 2.05) is 6.26 Å². The Morgan fingerprint density at radius 3 is 2.55 bits per heavy atom. The number of hydrogen-bond acceptors (Lipinski definition) is 10. The zero-order valence-electron chi connectivity index (χ0n) is 16.4. The van der Waals surface area contributed by atoms with Gasteiger partial charge < -0.3 is 45.2 Å². The highest BCUT2D eigenvalue weighted by atomic mass is 32.2. The molecule has 15 heteroatoms. The lowest BCUT2D eigenvalue weighted by molar-refractivity contribution is -0.765. The first-order valence-electron chi connectivity index (χ1n) is 8.78. The molecule has 1 unspecified atom stereocenters. The van der Waals surface area contributed by atoms with Crippen molar-refractivity contribution in [2.45, 2.75) is 37.0 Å². The number of aromatic carboxylic acids is 1. The van der Waals surface area contributed by atoms with Gasteiger partial charge in [-0.3, -0.25) is 9.36 Å². The number of rotatable bonds is 9. The molecule has 2 heterocycles. The molecule has 176 valence electrons. The Labute approximate surface area is 181 Å². The Morgan fingerprint density at radius 1 is 1.39 bits per heavy atom. The molecule has 0 aromatic carbocycles. The molecular weight excluding hydrogens is 459 g/mol. The van der Waals surface area contributed by atoms with Gasteiger partial charge in [0.05, 0.1) is 6.61 Å². The Bertz CT molecular complexity index is 793. The molecular formula is C16H25N2O11PS. The van der Waals surface area contributed by atoms with Crippen molar-refractivity contribution in [1.82, 2.24) is 0 Å². The molecule has 0 aliphatic carbocycles. The van der Waals surface area contributed by atoms with Gasteiger partial charge in [0.25, 0.3) is 14.1 Å². The van der Waals surface area contributed by atoms with Gasteiger partial charge in [0.2, 0.25) is 0 Å². The van der Waals surface area contributed by atoms with Gasteiger partial charge in [0, 0.05) is 6.07 Å². The SMILES string of the molecule is CSCC[C@H](N)C(=O)O.O=C(O)c1ccc[n+]([C@@H]2O[C@H](COP(=O)([O-])O)[C@@H](O)[C@H]2O)c1. The van der Waals surface area contributed by atoms with E-state index in [2.05, 4.69) is 4.52 Å². The van der Waals surface area contributed by atoms with Gasteiger partial charge in [-0.15, -0.1) is 0 Å². The molecule has 1 aliphatic heterocycles. The summed E-state index contributed by atoms with van der Waals surface area (Å²) in [6.45, 7) is -0.689. The summed E-state index contributed by atoms with van der Waals surface area (Å²) in [5.74, 6) is -1.29. The van der Waals surface area contributed by atoms with Gasteiger partial charge in [0.15, 0.2) is 18.5 Å². The normalized spacial score (nSPS) is 25.7. The Kier molecular flexibility index (Phi) is 11.0. The number of aliphatic hydroxyl groups is 2. The number of phosphoric acid groups is 1. The van der Waals surface area contributed by atoms with E-state index < -0.39 is 56.9 Å². The number of nitrogens with zero attached hydrogens (tertiary/aromatic N) is 1. The molecule has 0 bridgehead atoms. The summed E-state index contributed by atoms with van der Waals surface area (Å²) in [7, 11) is -4.98. The number of carboxylic acid groups (broad SMARTS) is 2. The van der Waals surface area contributed by atoms with Crippen LogP contribution >= 0.6 is 19.6 Å². The van der Waals surface area contributed by atoms with Crippen LogP contribution in [0.15, 0.2) is 24.5 Å². The van der Waals surface area contributed by atoms with Crippen molar-refractivity contribution in [3.8, 4) is 0 Å². The zero-order chi connectivity index (χ0) is 23.8. The highest BCUT2D eigenvalue weighted by molar-refractivity contribution is 7.98. The first kappa shape index (κ1) is 27.4. The fraction of sp³-hybridized carbons (Fsp3) is 0.562. The van der Waals surface area contributed by atoms with Crippen molar-refractivity contribution in [3.05, 3.63) is 30.1 Å². The molecule has 0 saturated carbocycles. The van der Waals surface area contributed by atoms with Gasteiger partial charge in [-0.1, -0.05) is 0 Å². The number of phosphoric ester groups is 1. The molecule has 1 aromatic rings. The highest BCUT2D eigenvalue weighted by Crippen LogP contribution is 2.33. The van der Waals surface area contributed by atoms with Gasteiger partial charge in [-0.25, -0.2) is 4.79 Å². The number of aliphatic carboxylic acids is 1. The third-order valence-electron chi connectivity index (χ3n) is 4.05. The van der Waals surface area contributed by atoms with Crippen LogP contribution in [-0.2, 0) is 18.6 Å². The summed E-state index contributed by atoms with van der Waals surface area (Å²) in [6.07, 6.45) is -0.171. The molecule has 0 radical (unpaired) electrons. The molecule has 1 aromatic heterocycles. The average molecular weight is 484 g/mol. The third kappa shape index (κ3) is 9.19. The topological polar surface area (TPSA) is 224 Å². The summed E-state index contributed by atoms with van der Waals surface area (Å²) in [4.78, 5) is 40.0. The fourth-order valence-corrected chi connectivity index (χ4v) is 3.25. The largest absolute Gasteiger partial charge is 0.756 e. The van der Waals surface area contributed by atoms with E-state index >= 15 is 0 Å². The van der Waals surface area contributed by atoms with E-state index in [-0.39, 0.29) is 5.56 Å². The van der Waals surface area contributed by atoms with Crippen molar-refractivity contribution in [2.75, 3.05) is 18.6 Å². The van der Waals surface area contributed by atoms with Crippen molar-refractivity contribution < 1.29 is 58.2 Å². The Morgan fingerprint density at radius 2 is 2.03 bits per heavy atom. The van der Waals surface area contributed by atoms with Crippen molar-refractivity contribution >= 4 is 31.5 Å². The van der Waals surface area contributed by atoms with Gasteiger partial charge in [0.1, 0.15) is 23.8 Å². The molecule has 31 heavy (non-hydrogen) atoms. The van der Waals surface area contributed by atoms with Crippen LogP contribution in [0.2, 0.25) is 0 Å². The molecule has 0 spiro atoms. The van der Waals surface area contributed by atoms with Crippen LogP contribution in [0.5, 0.6) is 0 Å². The van der Waals surface area contributed by atoms with Crippen LogP contribution in [0.3, 0.4) is 0 Å². The molecule has 1 saturated heterocycles. The summed E-state index contributed by atoms with van der Waals surface area (Å²) in [6, 6.07) is 2.06. The second-order valence-corrected chi connectivity index (χ2v) is 8.56. The Balaban J connectivity index is 0.000000452. The van der Waals surface area contributed by atoms with Crippen molar-refractivity contribution in [1.29, 1.82) is 0 Å². The van der Waals surface area contributed by atoms with Crippen LogP contribution in [0.1, 0.15) is 23.0 Å². The smallest absolute Gasteiger partial charge is 0.341 e. The minimum absolute atomic E-state index is 0.0630. The number of aromatic nitrogens is 1. The molecule has 1 aliphatic rings. The second-order valence-electron chi connectivity index (χ2n) is 6.38. The summed E-state index contributed by atoms with van der Waals surface area (Å²) < 4.78 is 21.2. The average Bonchev–Trinajstić information content (AvgIpc) is 2.98. The fourth-order valence-electron chi connectivity index (χ4n) is 2.43. The number of thioether (sulfide) groups is 1. The monoisotopic (exact) mass is 484 g/mol. The molecule has 6 atom stereocenters. The third-order valence-corrected chi connectivity index (χ3v) is 5.17. The lowest BCUT2D eigenvalue weighted by atomic mass is 10.1. The van der Waals surface area contributed by atoms with Crippen LogP contribution in [-0.4, -0.2) is 80.2 Å². The van der Waals surface area contributed by atoms with Crippen molar-refractivity contribution in [3.63, 3.8) is 0 Å². The lowest BCUT2D eigenvalue weighted by Gasteiger charge is -2.19. The van der Waals surface area contributed by atoms with E-state index in [4.69, 9.17) is 25.6 Å². The van der Waals surface area contributed by atoms with Crippen LogP contribution in [0.4, 0.5) is 0 Å². The summed E-state index contributed by atoms with van der Waals surface area (Å²) in [5, 5.41) is 36.9. The van der Waals surface area contributed by atoms with E-state index in [0.29, 0.717) is 6.42 Å². The van der Waals surface area contributed by atoms with E-state index in [0.717, 1.165) is 5.75 Å². The van der Waals surface area contributed by atoms with Crippen LogP contribution in [0, 0.1) is 0 Å². The highest BCUT2D eigenvalue weighted by Gasteiger charge is 2.48. The first-order chi connectivity index (χ1) is 14.4. The number of hydrogen-bond donors (Lipinski definition) is 6. The molecule has 1 fully saturated rings. The number of carbonyl (C=O) groups is 2. The maximum atomic E-state index is 10.9. The van der Waals surface area contributed by atoms with Gasteiger partial charge in [-0.2, -0.15) is 16.3 Å². The lowest BCUT2D eigenvalue weighted by Crippen LogP contribution is -2.46. The Hall–Kier alpha value is -1.61. The minimum atomic E-state index is -4.98. The minimum Gasteiger partial charge on any atom is -0.756 e. The zero-order valence-corrected chi connectivity index (χ0v) is 18.1. The number of pyridine rings is 1. The standard InChI is InChI=1S/C11H14NO9P.C5H11NO2S/c13-8-7(5-20-22(17,18)19)21-10(9(8)14)12-3-1-2-6(4-12)11(15)16;1-9-3-2-4(6)5(7)8/h1-4,7-10,13-14H,5H2,(H2-,15,16,17,18,19);4H,2-3,6H2,1H3,(H,7,8)/t7-,8-,9-,10-;4-/m10/s1. The van der Waals surface area contributed by atoms with Crippen LogP contribution < -0.4 is 15.2 Å². The quantitative estimate of drug-likeness (QED) is 0.164. The van der Waals surface area contributed by atoms with E-state index in [1.165, 1.54) is 29.1 Å². The van der Waals surface area contributed by atoms with E-state index in [1.54, 1.807) is 11.8 Å². The number of ether oxygens (including phenoxy) is 1. The molecule has 7 N–H and O–H groups in total. The first-order valence-corrected chi connectivity index (χ1v) is 11.7. The number of nitrogens with two attached hydrogens (primary N) is 1. The molecule has 13 nitrogen and oxygen atoms in total. The van der Waals surface area contributed by atoms with Gasteiger partial charge in [-0.05, 0) is 24.5 Å². The number of aliphatic hydroxyl groups excluding tert-OH is 2. The van der Waals surface area contributed by atoms with Crippen LogP contribution in [0.25, 0.3) is 0 Å². The summed E-state index contributed by atoms with van der Waals surface area (Å²) in [5.41, 5.74) is 5.13. The molecule has 2 rings (SSSR count). The number of carboxylic acids is 2.